The summed E-state index contributed by atoms with van der Waals surface area (Å²) < 4.78 is 35.2. The number of hydrogen-bond donors (Lipinski definition) is 0. The van der Waals surface area contributed by atoms with Crippen molar-refractivity contribution in [2.45, 2.75) is 52.1 Å². The van der Waals surface area contributed by atoms with E-state index in [4.69, 9.17) is 4.74 Å². The molecule has 1 atom stereocenters. The summed E-state index contributed by atoms with van der Waals surface area (Å²) in [6.45, 7) is 8.09. The lowest BCUT2D eigenvalue weighted by Gasteiger charge is -2.40. The molecule has 5 heteroatoms. The summed E-state index contributed by atoms with van der Waals surface area (Å²) >= 11 is 0. The van der Waals surface area contributed by atoms with E-state index >= 15 is 0 Å². The average molecular weight is 529 g/mol. The number of nitrogens with zero attached hydrogens (tertiary/aromatic N) is 1. The minimum atomic E-state index is -0.470. The quantitative estimate of drug-likeness (QED) is 0.291. The average Bonchev–Trinajstić information content (AvgIpc) is 2.67. The summed E-state index contributed by atoms with van der Waals surface area (Å²) in [5.41, 5.74) is 3.93. The van der Waals surface area contributed by atoms with Crippen molar-refractivity contribution in [2.24, 2.45) is 0 Å². The SMILES string of the molecule is Cc1cccc(C)c1C(C[N+]1(C)CCCCC1)OCCCc1c(F)cccc1F.[I-]. The summed E-state index contributed by atoms with van der Waals surface area (Å²) in [4.78, 5) is 0. The molecular formula is C25H34F2INO. The number of halogens is 3. The fourth-order valence-corrected chi connectivity index (χ4v) is 4.67. The first-order valence-corrected chi connectivity index (χ1v) is 10.8. The van der Waals surface area contributed by atoms with Crippen molar-refractivity contribution in [1.29, 1.82) is 0 Å². The Labute approximate surface area is 197 Å². The number of likely N-dealkylation sites (tertiary alicyclic amines) is 1. The summed E-state index contributed by atoms with van der Waals surface area (Å²) in [6, 6.07) is 10.4. The van der Waals surface area contributed by atoms with Crippen molar-refractivity contribution in [3.63, 3.8) is 0 Å². The van der Waals surface area contributed by atoms with Crippen LogP contribution in [0.4, 0.5) is 8.78 Å². The van der Waals surface area contributed by atoms with Gasteiger partial charge in [0.2, 0.25) is 0 Å². The zero-order valence-electron chi connectivity index (χ0n) is 18.4. The summed E-state index contributed by atoms with van der Waals surface area (Å²) in [5, 5.41) is 0. The monoisotopic (exact) mass is 529 g/mol. The van der Waals surface area contributed by atoms with Gasteiger partial charge in [-0.3, -0.25) is 0 Å². The zero-order chi connectivity index (χ0) is 20.9. The van der Waals surface area contributed by atoms with E-state index in [0.29, 0.717) is 19.4 Å². The lowest BCUT2D eigenvalue weighted by Crippen LogP contribution is -3.00. The van der Waals surface area contributed by atoms with Crippen LogP contribution in [-0.2, 0) is 11.2 Å². The largest absolute Gasteiger partial charge is 1.00 e. The van der Waals surface area contributed by atoms with Gasteiger partial charge in [-0.05, 0) is 74.8 Å². The smallest absolute Gasteiger partial charge is 0.132 e. The molecule has 0 bridgehead atoms. The van der Waals surface area contributed by atoms with Crippen LogP contribution in [0.2, 0.25) is 0 Å². The minimum absolute atomic E-state index is 0. The highest BCUT2D eigenvalue weighted by molar-refractivity contribution is 5.35. The van der Waals surface area contributed by atoms with Gasteiger partial charge >= 0.3 is 0 Å². The van der Waals surface area contributed by atoms with Gasteiger partial charge in [-0.1, -0.05) is 24.3 Å². The molecule has 3 rings (SSSR count). The van der Waals surface area contributed by atoms with Crippen molar-refractivity contribution in [2.75, 3.05) is 33.3 Å². The molecular weight excluding hydrogens is 495 g/mol. The van der Waals surface area contributed by atoms with E-state index in [0.717, 1.165) is 11.0 Å². The van der Waals surface area contributed by atoms with Crippen LogP contribution in [0.5, 0.6) is 0 Å². The first kappa shape index (κ1) is 25.2. The fraction of sp³-hybridized carbons (Fsp3) is 0.520. The molecule has 30 heavy (non-hydrogen) atoms. The number of aryl methyl sites for hydroxylation is 2. The number of hydrogen-bond acceptors (Lipinski definition) is 1. The third-order valence-electron chi connectivity index (χ3n) is 6.32. The van der Waals surface area contributed by atoms with E-state index in [-0.39, 0.29) is 35.6 Å². The van der Waals surface area contributed by atoms with Gasteiger partial charge in [0.05, 0.1) is 20.1 Å². The van der Waals surface area contributed by atoms with Gasteiger partial charge < -0.3 is 33.2 Å². The van der Waals surface area contributed by atoms with Gasteiger partial charge in [0.1, 0.15) is 24.3 Å². The first-order valence-electron chi connectivity index (χ1n) is 10.8. The number of rotatable bonds is 8. The molecule has 1 heterocycles. The van der Waals surface area contributed by atoms with E-state index in [9.17, 15) is 8.78 Å². The highest BCUT2D eigenvalue weighted by Gasteiger charge is 2.31. The number of ether oxygens (including phenoxy) is 1. The van der Waals surface area contributed by atoms with E-state index in [1.165, 1.54) is 67.2 Å². The number of likely N-dealkylation sites (N-methyl/N-ethyl adjacent to an activating group) is 1. The van der Waals surface area contributed by atoms with E-state index < -0.39 is 11.6 Å². The Morgan fingerprint density at radius 2 is 1.50 bits per heavy atom. The Balaban J connectivity index is 0.00000320. The molecule has 1 aliphatic heterocycles. The maximum atomic E-state index is 13.9. The predicted molar refractivity (Wildman–Crippen MR) is 114 cm³/mol. The molecule has 1 saturated heterocycles. The summed E-state index contributed by atoms with van der Waals surface area (Å²) in [7, 11) is 2.33. The van der Waals surface area contributed by atoms with Gasteiger partial charge in [-0.25, -0.2) is 8.78 Å². The molecule has 166 valence electrons. The number of benzene rings is 2. The second-order valence-electron chi connectivity index (χ2n) is 8.78. The van der Waals surface area contributed by atoms with E-state index in [1.807, 2.05) is 0 Å². The lowest BCUT2D eigenvalue weighted by molar-refractivity contribution is -0.917. The van der Waals surface area contributed by atoms with Crippen LogP contribution < -0.4 is 24.0 Å². The second-order valence-corrected chi connectivity index (χ2v) is 8.78. The molecule has 0 spiro atoms. The molecule has 1 unspecified atom stereocenters. The topological polar surface area (TPSA) is 9.23 Å². The Morgan fingerprint density at radius 1 is 0.933 bits per heavy atom. The second kappa shape index (κ2) is 11.5. The molecule has 0 N–H and O–H groups in total. The Hall–Kier alpha value is -1.05. The van der Waals surface area contributed by atoms with Crippen molar-refractivity contribution >= 4 is 0 Å². The van der Waals surface area contributed by atoms with Gasteiger partial charge in [-0.15, -0.1) is 0 Å². The number of quaternary nitrogens is 1. The molecule has 0 aliphatic carbocycles. The van der Waals surface area contributed by atoms with Crippen LogP contribution in [0.25, 0.3) is 0 Å². The van der Waals surface area contributed by atoms with Crippen molar-refractivity contribution in [3.8, 4) is 0 Å². The van der Waals surface area contributed by atoms with Gasteiger partial charge in [-0.2, -0.15) is 0 Å². The normalized spacial score (nSPS) is 16.7. The predicted octanol–water partition coefficient (Wildman–Crippen LogP) is 2.91. The van der Waals surface area contributed by atoms with E-state index in [2.05, 4.69) is 39.1 Å². The minimum Gasteiger partial charge on any atom is -1.00 e. The van der Waals surface area contributed by atoms with Crippen LogP contribution in [0.1, 0.15) is 54.0 Å². The van der Waals surface area contributed by atoms with Crippen LogP contribution in [0.15, 0.2) is 36.4 Å². The third kappa shape index (κ3) is 6.47. The molecule has 2 aromatic carbocycles. The summed E-state index contributed by atoms with van der Waals surface area (Å²) in [5.74, 6) is -0.939. The number of piperidine rings is 1. The Morgan fingerprint density at radius 3 is 2.10 bits per heavy atom. The highest BCUT2D eigenvalue weighted by Crippen LogP contribution is 2.30. The zero-order valence-corrected chi connectivity index (χ0v) is 20.6. The lowest BCUT2D eigenvalue weighted by atomic mass is 9.96. The maximum Gasteiger partial charge on any atom is 0.132 e. The van der Waals surface area contributed by atoms with Crippen LogP contribution in [0, 0.1) is 25.5 Å². The molecule has 2 nitrogen and oxygen atoms in total. The Kier molecular flexibility index (Phi) is 9.69. The Bertz CT molecular complexity index is 780. The van der Waals surface area contributed by atoms with Crippen molar-refractivity contribution < 1.29 is 42.0 Å². The summed E-state index contributed by atoms with van der Waals surface area (Å²) in [6.07, 6.45) is 4.81. The standard InChI is InChI=1S/C25H34F2NO.HI/c1-19-10-7-11-20(2)25(19)24(18-28(3)15-5-4-6-16-28)29-17-9-12-21-22(26)13-8-14-23(21)27;/h7-8,10-11,13-14,24H,4-6,9,12,15-18H2,1-3H3;1H/q+1;/p-1. The van der Waals surface area contributed by atoms with Crippen LogP contribution in [-0.4, -0.2) is 37.8 Å². The molecule has 0 radical (unpaired) electrons. The maximum absolute atomic E-state index is 13.9. The van der Waals surface area contributed by atoms with Gasteiger partial charge in [0.25, 0.3) is 0 Å². The molecule has 0 saturated carbocycles. The molecule has 1 aliphatic rings. The van der Waals surface area contributed by atoms with Crippen molar-refractivity contribution in [3.05, 3.63) is 70.3 Å². The highest BCUT2D eigenvalue weighted by atomic mass is 127. The first-order chi connectivity index (χ1) is 13.9. The molecule has 2 aromatic rings. The van der Waals surface area contributed by atoms with Gasteiger partial charge in [0.15, 0.2) is 0 Å². The molecule has 0 amide bonds. The van der Waals surface area contributed by atoms with Crippen molar-refractivity contribution in [1.82, 2.24) is 0 Å². The fourth-order valence-electron chi connectivity index (χ4n) is 4.67. The molecule has 1 fully saturated rings. The molecule has 0 aromatic heterocycles. The van der Waals surface area contributed by atoms with Crippen LogP contribution in [0.3, 0.4) is 0 Å². The third-order valence-corrected chi connectivity index (χ3v) is 6.32. The van der Waals surface area contributed by atoms with Crippen LogP contribution >= 0.6 is 0 Å². The van der Waals surface area contributed by atoms with E-state index in [1.54, 1.807) is 0 Å². The van der Waals surface area contributed by atoms with Gasteiger partial charge in [0, 0.05) is 12.2 Å².